The van der Waals surface area contributed by atoms with E-state index in [4.69, 9.17) is 4.42 Å². The van der Waals surface area contributed by atoms with Crippen molar-refractivity contribution in [1.29, 1.82) is 5.26 Å². The summed E-state index contributed by atoms with van der Waals surface area (Å²) in [6.45, 7) is 8.44. The summed E-state index contributed by atoms with van der Waals surface area (Å²) in [4.78, 5) is 17.4. The third-order valence-corrected chi connectivity index (χ3v) is 7.26. The molecule has 158 valence electrons. The summed E-state index contributed by atoms with van der Waals surface area (Å²) in [5, 5.41) is 10.5. The number of carbonyl (C=O) groups is 1. The Kier molecular flexibility index (Phi) is 5.68. The minimum atomic E-state index is 0.0413. The van der Waals surface area contributed by atoms with Crippen LogP contribution in [0, 0.1) is 22.7 Å². The van der Waals surface area contributed by atoms with Gasteiger partial charge in [-0.05, 0) is 55.2 Å². The molecule has 0 aliphatic heterocycles. The van der Waals surface area contributed by atoms with E-state index in [9.17, 15) is 10.1 Å². The Hall–Kier alpha value is -2.97. The third-order valence-electron chi connectivity index (χ3n) is 6.10. The number of benzene rings is 1. The van der Waals surface area contributed by atoms with Gasteiger partial charge < -0.3 is 4.42 Å². The third kappa shape index (κ3) is 4.40. The van der Waals surface area contributed by atoms with E-state index in [1.807, 2.05) is 24.3 Å². The zero-order valence-electron chi connectivity index (χ0n) is 18.4. The van der Waals surface area contributed by atoms with E-state index < -0.39 is 0 Å². The fourth-order valence-corrected chi connectivity index (χ4v) is 5.31. The molecule has 0 saturated heterocycles. The Morgan fingerprint density at radius 2 is 1.97 bits per heavy atom. The van der Waals surface area contributed by atoms with Crippen LogP contribution in [0.4, 0.5) is 5.00 Å². The summed E-state index contributed by atoms with van der Waals surface area (Å²) < 4.78 is 5.92. The molecule has 31 heavy (non-hydrogen) atoms. The van der Waals surface area contributed by atoms with Gasteiger partial charge in [0, 0.05) is 16.0 Å². The Morgan fingerprint density at radius 1 is 1.23 bits per heavy atom. The fraction of sp³-hybridized carbons (Fsp3) is 0.346. The zero-order valence-corrected chi connectivity index (χ0v) is 19.2. The lowest BCUT2D eigenvalue weighted by atomic mass is 9.72. The first-order valence-electron chi connectivity index (χ1n) is 10.6. The van der Waals surface area contributed by atoms with E-state index in [2.05, 4.69) is 31.8 Å². The van der Waals surface area contributed by atoms with Gasteiger partial charge in [-0.15, -0.1) is 11.3 Å². The van der Waals surface area contributed by atoms with E-state index in [0.29, 0.717) is 17.2 Å². The number of hydrogen-bond acceptors (Lipinski definition) is 5. The van der Waals surface area contributed by atoms with Crippen molar-refractivity contribution >= 4 is 28.3 Å². The van der Waals surface area contributed by atoms with Gasteiger partial charge in [0.1, 0.15) is 22.6 Å². The number of Topliss-reactive ketones (excluding diaryl/α,β-unsaturated/α-hetero) is 1. The van der Waals surface area contributed by atoms with E-state index in [0.717, 1.165) is 41.2 Å². The van der Waals surface area contributed by atoms with Crippen LogP contribution < -0.4 is 0 Å². The van der Waals surface area contributed by atoms with E-state index in [1.165, 1.54) is 10.4 Å². The van der Waals surface area contributed by atoms with Crippen LogP contribution in [-0.2, 0) is 12.8 Å². The van der Waals surface area contributed by atoms with Crippen molar-refractivity contribution in [1.82, 2.24) is 0 Å². The van der Waals surface area contributed by atoms with Crippen LogP contribution in [0.1, 0.15) is 66.2 Å². The Labute approximate surface area is 187 Å². The average Bonchev–Trinajstić information content (AvgIpc) is 3.35. The number of aliphatic imine (C=N–C) groups is 1. The molecule has 5 heteroatoms. The highest BCUT2D eigenvalue weighted by molar-refractivity contribution is 7.16. The van der Waals surface area contributed by atoms with E-state index >= 15 is 0 Å². The number of nitriles is 1. The Bertz CT molecular complexity index is 1180. The van der Waals surface area contributed by atoms with E-state index in [-0.39, 0.29) is 11.2 Å². The first-order chi connectivity index (χ1) is 14.8. The van der Waals surface area contributed by atoms with Crippen LogP contribution in [0.3, 0.4) is 0 Å². The Balaban J connectivity index is 1.55. The molecule has 0 unspecified atom stereocenters. The molecule has 0 radical (unpaired) electrons. The predicted molar refractivity (Wildman–Crippen MR) is 125 cm³/mol. The van der Waals surface area contributed by atoms with Gasteiger partial charge >= 0.3 is 0 Å². The number of nitrogens with zero attached hydrogens (tertiary/aromatic N) is 2. The number of fused-ring (bicyclic) bond motifs is 1. The lowest BCUT2D eigenvalue weighted by Crippen LogP contribution is -2.26. The molecule has 3 aromatic rings. The van der Waals surface area contributed by atoms with Crippen LogP contribution in [0.2, 0.25) is 0 Å². The summed E-state index contributed by atoms with van der Waals surface area (Å²) in [5.41, 5.74) is 3.75. The predicted octanol–water partition coefficient (Wildman–Crippen LogP) is 6.98. The second-order valence-electron chi connectivity index (χ2n) is 9.20. The van der Waals surface area contributed by atoms with Crippen LogP contribution in [0.15, 0.2) is 45.8 Å². The van der Waals surface area contributed by atoms with Crippen molar-refractivity contribution in [3.63, 3.8) is 0 Å². The fourth-order valence-electron chi connectivity index (χ4n) is 4.09. The van der Waals surface area contributed by atoms with Crippen LogP contribution >= 0.6 is 11.3 Å². The largest absolute Gasteiger partial charge is 0.455 e. The molecule has 4 rings (SSSR count). The van der Waals surface area contributed by atoms with Gasteiger partial charge in [-0.1, -0.05) is 45.0 Å². The number of rotatable bonds is 4. The van der Waals surface area contributed by atoms with Crippen molar-refractivity contribution < 1.29 is 9.21 Å². The SMILES string of the molecule is CC(=O)c1ccc(-c2ccc(C=Nc3sc4c(c3C#N)CC[C@H](C(C)(C)C)C4)o2)cc1. The van der Waals surface area contributed by atoms with Gasteiger partial charge in [0.05, 0.1) is 11.8 Å². The maximum atomic E-state index is 11.4. The van der Waals surface area contributed by atoms with Crippen LogP contribution in [-0.4, -0.2) is 12.0 Å². The van der Waals surface area contributed by atoms with Crippen molar-refractivity contribution in [3.05, 3.63) is 63.7 Å². The lowest BCUT2D eigenvalue weighted by molar-refractivity contribution is 0.101. The summed E-state index contributed by atoms with van der Waals surface area (Å²) in [6, 6.07) is 13.5. The lowest BCUT2D eigenvalue weighted by Gasteiger charge is -2.33. The monoisotopic (exact) mass is 430 g/mol. The first kappa shape index (κ1) is 21.3. The normalized spacial score (nSPS) is 16.3. The molecule has 2 heterocycles. The quantitative estimate of drug-likeness (QED) is 0.331. The highest BCUT2D eigenvalue weighted by Crippen LogP contribution is 2.44. The minimum Gasteiger partial charge on any atom is -0.455 e. The minimum absolute atomic E-state index is 0.0413. The molecule has 4 nitrogen and oxygen atoms in total. The maximum Gasteiger partial charge on any atom is 0.159 e. The summed E-state index contributed by atoms with van der Waals surface area (Å²) in [7, 11) is 0. The van der Waals surface area contributed by atoms with Gasteiger partial charge in [0.25, 0.3) is 0 Å². The molecule has 0 N–H and O–H groups in total. The van der Waals surface area contributed by atoms with Crippen molar-refractivity contribution in [2.45, 2.75) is 47.0 Å². The van der Waals surface area contributed by atoms with Crippen molar-refractivity contribution in [3.8, 4) is 17.4 Å². The topological polar surface area (TPSA) is 66.4 Å². The zero-order chi connectivity index (χ0) is 22.2. The molecular weight excluding hydrogens is 404 g/mol. The van der Waals surface area contributed by atoms with Gasteiger partial charge in [0.15, 0.2) is 5.78 Å². The smallest absolute Gasteiger partial charge is 0.159 e. The molecule has 0 bridgehead atoms. The van der Waals surface area contributed by atoms with Crippen LogP contribution in [0.25, 0.3) is 11.3 Å². The molecule has 0 saturated carbocycles. The van der Waals surface area contributed by atoms with Gasteiger partial charge in [0.2, 0.25) is 0 Å². The molecule has 1 aliphatic rings. The molecular formula is C26H26N2O2S. The highest BCUT2D eigenvalue weighted by Gasteiger charge is 2.32. The van der Waals surface area contributed by atoms with Crippen LogP contribution in [0.5, 0.6) is 0 Å². The highest BCUT2D eigenvalue weighted by atomic mass is 32.1. The molecule has 1 aromatic carbocycles. The molecule has 1 atom stereocenters. The summed E-state index contributed by atoms with van der Waals surface area (Å²) in [6.07, 6.45) is 4.78. The maximum absolute atomic E-state index is 11.4. The number of hydrogen-bond donors (Lipinski definition) is 0. The first-order valence-corrected chi connectivity index (χ1v) is 11.4. The molecule has 0 amide bonds. The van der Waals surface area contributed by atoms with E-state index in [1.54, 1.807) is 36.6 Å². The number of carbonyl (C=O) groups excluding carboxylic acids is 1. The molecule has 0 fully saturated rings. The molecule has 1 aliphatic carbocycles. The average molecular weight is 431 g/mol. The second-order valence-corrected chi connectivity index (χ2v) is 10.3. The number of thiophene rings is 1. The number of furan rings is 1. The van der Waals surface area contributed by atoms with Gasteiger partial charge in [-0.25, -0.2) is 4.99 Å². The second kappa shape index (κ2) is 8.28. The van der Waals surface area contributed by atoms with Gasteiger partial charge in [-0.3, -0.25) is 4.79 Å². The standard InChI is InChI=1S/C26H26N2O2S/c1-16(29)17-5-7-18(8-6-17)23-12-10-20(30-23)15-28-25-22(14-27)21-11-9-19(26(2,3)4)13-24(21)31-25/h5-8,10,12,15,19H,9,11,13H2,1-4H3/t19-/m0/s1. The Morgan fingerprint density at radius 3 is 2.61 bits per heavy atom. The number of ketones is 1. The van der Waals surface area contributed by atoms with Crippen molar-refractivity contribution in [2.75, 3.05) is 0 Å². The van der Waals surface area contributed by atoms with Gasteiger partial charge in [-0.2, -0.15) is 5.26 Å². The summed E-state index contributed by atoms with van der Waals surface area (Å²) >= 11 is 1.64. The molecule has 2 aromatic heterocycles. The molecule has 0 spiro atoms. The summed E-state index contributed by atoms with van der Waals surface area (Å²) in [5.74, 6) is 2.02. The van der Waals surface area contributed by atoms with Crippen molar-refractivity contribution in [2.24, 2.45) is 16.3 Å².